The van der Waals surface area contributed by atoms with Gasteiger partial charge in [-0.05, 0) is 37.5 Å². The quantitative estimate of drug-likeness (QED) is 0.0222. The fraction of sp³-hybridized carbons (Fsp3) is 0.953. The van der Waals surface area contributed by atoms with E-state index in [0.717, 1.165) is 102 Å². The maximum Gasteiger partial charge on any atom is 0.472 e. The van der Waals surface area contributed by atoms with Gasteiger partial charge in [0.05, 0.1) is 26.4 Å². The van der Waals surface area contributed by atoms with Gasteiger partial charge in [-0.15, -0.1) is 0 Å². The zero-order valence-electron chi connectivity index (χ0n) is 69.0. The Morgan fingerprint density at radius 3 is 0.724 bits per heavy atom. The third-order valence-electron chi connectivity index (χ3n) is 20.6. The number of hydrogen-bond donors (Lipinski definition) is 3. The van der Waals surface area contributed by atoms with Gasteiger partial charge >= 0.3 is 39.5 Å². The Kier molecular flexibility index (Phi) is 76.0. The van der Waals surface area contributed by atoms with Crippen LogP contribution in [-0.2, 0) is 65.4 Å². The van der Waals surface area contributed by atoms with Crippen LogP contribution in [0, 0.1) is 11.8 Å². The van der Waals surface area contributed by atoms with Crippen LogP contribution in [0.3, 0.4) is 0 Å². The number of esters is 4. The number of carbonyl (C=O) groups is 4. The molecule has 0 bridgehead atoms. The van der Waals surface area contributed by atoms with Crippen molar-refractivity contribution < 1.29 is 80.2 Å². The minimum Gasteiger partial charge on any atom is -0.462 e. The second-order valence-electron chi connectivity index (χ2n) is 31.6. The van der Waals surface area contributed by atoms with Crippen molar-refractivity contribution in [1.29, 1.82) is 0 Å². The molecule has 0 fully saturated rings. The topological polar surface area (TPSA) is 237 Å². The van der Waals surface area contributed by atoms with Crippen molar-refractivity contribution in [2.45, 2.75) is 477 Å². The molecule has 3 unspecified atom stereocenters. The van der Waals surface area contributed by atoms with E-state index < -0.39 is 97.5 Å². The van der Waals surface area contributed by atoms with Crippen molar-refractivity contribution in [1.82, 2.24) is 0 Å². The first-order chi connectivity index (χ1) is 50.9. The van der Waals surface area contributed by atoms with E-state index in [1.54, 1.807) is 0 Å². The van der Waals surface area contributed by atoms with Crippen LogP contribution in [0.25, 0.3) is 0 Å². The third-order valence-corrected chi connectivity index (χ3v) is 22.5. The van der Waals surface area contributed by atoms with E-state index in [1.165, 1.54) is 276 Å². The summed E-state index contributed by atoms with van der Waals surface area (Å²) < 4.78 is 68.9. The molecule has 0 amide bonds. The van der Waals surface area contributed by atoms with Crippen LogP contribution in [0.5, 0.6) is 0 Å². The molecule has 0 aliphatic rings. The lowest BCUT2D eigenvalue weighted by molar-refractivity contribution is -0.161. The average molecular weight is 1540 g/mol. The zero-order valence-corrected chi connectivity index (χ0v) is 70.8. The molecule has 0 saturated heterocycles. The molecular formula is C86H168O17P2. The number of rotatable bonds is 85. The first kappa shape index (κ1) is 103. The van der Waals surface area contributed by atoms with Crippen LogP contribution in [0.2, 0.25) is 0 Å². The van der Waals surface area contributed by atoms with E-state index in [-0.39, 0.29) is 25.7 Å². The summed E-state index contributed by atoms with van der Waals surface area (Å²) in [5.41, 5.74) is 0. The SMILES string of the molecule is CCCCCCCCCCCCCCCCCCCCCCC(=O)O[C@H](COC(=O)CCCCCCCCCCCCCCCCC(C)CC)COP(=O)(O)OC[C@@H](O)COP(=O)(O)OC[C@@H](COC(=O)CCCCCCCCCCCCC)OC(=O)CCCCCCCCCCCCCCCC(C)C. The second-order valence-corrected chi connectivity index (χ2v) is 34.6. The molecule has 3 N–H and O–H groups in total. The van der Waals surface area contributed by atoms with Gasteiger partial charge in [0.15, 0.2) is 12.2 Å². The number of aliphatic hydroxyl groups is 1. The van der Waals surface area contributed by atoms with Gasteiger partial charge in [-0.3, -0.25) is 37.3 Å². The smallest absolute Gasteiger partial charge is 0.462 e. The van der Waals surface area contributed by atoms with Crippen LogP contribution < -0.4 is 0 Å². The highest BCUT2D eigenvalue weighted by atomic mass is 31.2. The van der Waals surface area contributed by atoms with Crippen molar-refractivity contribution in [3.63, 3.8) is 0 Å². The Hall–Kier alpha value is -1.94. The fourth-order valence-corrected chi connectivity index (χ4v) is 15.0. The van der Waals surface area contributed by atoms with E-state index in [0.29, 0.717) is 25.7 Å². The molecule has 0 aliphatic carbocycles. The number of aliphatic hydroxyl groups excluding tert-OH is 1. The Balaban J connectivity index is 5.25. The second kappa shape index (κ2) is 77.4. The molecule has 0 aromatic heterocycles. The summed E-state index contributed by atoms with van der Waals surface area (Å²) in [5, 5.41) is 10.7. The summed E-state index contributed by atoms with van der Waals surface area (Å²) in [6.45, 7) is 9.74. The average Bonchev–Trinajstić information content (AvgIpc) is 0.908. The van der Waals surface area contributed by atoms with Crippen LogP contribution in [-0.4, -0.2) is 96.7 Å². The largest absolute Gasteiger partial charge is 0.472 e. The summed E-state index contributed by atoms with van der Waals surface area (Å²) in [5.74, 6) is -0.464. The van der Waals surface area contributed by atoms with Gasteiger partial charge in [-0.1, -0.05) is 408 Å². The van der Waals surface area contributed by atoms with Crippen LogP contribution in [0.15, 0.2) is 0 Å². The summed E-state index contributed by atoms with van der Waals surface area (Å²) in [6.07, 6.45) is 69.3. The molecule has 0 aliphatic heterocycles. The van der Waals surface area contributed by atoms with Crippen molar-refractivity contribution >= 4 is 39.5 Å². The summed E-state index contributed by atoms with van der Waals surface area (Å²) >= 11 is 0. The predicted octanol–water partition coefficient (Wildman–Crippen LogP) is 26.2. The Labute approximate surface area is 645 Å². The van der Waals surface area contributed by atoms with Gasteiger partial charge in [0.1, 0.15) is 19.3 Å². The van der Waals surface area contributed by atoms with Crippen molar-refractivity contribution in [2.24, 2.45) is 11.8 Å². The maximum absolute atomic E-state index is 13.1. The molecule has 0 heterocycles. The molecule has 6 atom stereocenters. The van der Waals surface area contributed by atoms with Gasteiger partial charge in [0.2, 0.25) is 0 Å². The Morgan fingerprint density at radius 1 is 0.276 bits per heavy atom. The third kappa shape index (κ3) is 78.5. The molecule has 17 nitrogen and oxygen atoms in total. The lowest BCUT2D eigenvalue weighted by Crippen LogP contribution is -2.30. The van der Waals surface area contributed by atoms with Gasteiger partial charge in [0, 0.05) is 25.7 Å². The molecular weight excluding hydrogens is 1370 g/mol. The number of ether oxygens (including phenoxy) is 4. The van der Waals surface area contributed by atoms with Gasteiger partial charge in [-0.25, -0.2) is 9.13 Å². The highest BCUT2D eigenvalue weighted by Crippen LogP contribution is 2.45. The maximum atomic E-state index is 13.1. The molecule has 0 aromatic carbocycles. The van der Waals surface area contributed by atoms with E-state index in [2.05, 4.69) is 41.5 Å². The minimum atomic E-state index is -4.97. The molecule has 0 spiro atoms. The van der Waals surface area contributed by atoms with Crippen LogP contribution >= 0.6 is 15.6 Å². The molecule has 0 radical (unpaired) electrons. The summed E-state index contributed by atoms with van der Waals surface area (Å²) in [6, 6.07) is 0. The molecule has 105 heavy (non-hydrogen) atoms. The molecule has 624 valence electrons. The van der Waals surface area contributed by atoms with Crippen molar-refractivity contribution in [3.05, 3.63) is 0 Å². The predicted molar refractivity (Wildman–Crippen MR) is 432 cm³/mol. The Bertz CT molecular complexity index is 2010. The van der Waals surface area contributed by atoms with Gasteiger partial charge in [-0.2, -0.15) is 0 Å². The van der Waals surface area contributed by atoms with E-state index in [4.69, 9.17) is 37.0 Å². The van der Waals surface area contributed by atoms with Gasteiger partial charge < -0.3 is 33.8 Å². The van der Waals surface area contributed by atoms with Crippen LogP contribution in [0.4, 0.5) is 0 Å². The standard InChI is InChI=1S/C86H168O17P2/c1-7-10-12-14-16-18-20-21-22-23-24-25-26-27-34-40-46-52-58-64-70-85(90)103-82(75-97-84(89)69-63-57-51-45-39-33-29-28-32-38-43-49-55-61-67-79(6)9-3)77-101-105(94,95)99-73-80(87)72-98-104(92,93)100-76-81(74-96-83(88)68-62-56-50-44-36-19-17-15-13-11-8-2)102-86(91)71-65-59-53-47-41-35-30-31-37-42-48-54-60-66-78(4)5/h78-82,87H,7-77H2,1-6H3,(H,92,93)(H,94,95)/t79?,80-,81+,82+/m0/s1. The number of unbranched alkanes of at least 4 members (excludes halogenated alkanes) is 54. The fourth-order valence-electron chi connectivity index (χ4n) is 13.4. The number of carbonyl (C=O) groups excluding carboxylic acids is 4. The summed E-state index contributed by atoms with van der Waals surface area (Å²) in [7, 11) is -9.93. The first-order valence-corrected chi connectivity index (χ1v) is 47.5. The lowest BCUT2D eigenvalue weighted by Gasteiger charge is -2.21. The minimum absolute atomic E-state index is 0.108. The molecule has 19 heteroatoms. The number of hydrogen-bond acceptors (Lipinski definition) is 15. The first-order valence-electron chi connectivity index (χ1n) is 44.5. The molecule has 0 aromatic rings. The molecule has 0 saturated carbocycles. The number of phosphoric acid groups is 2. The van der Waals surface area contributed by atoms with Gasteiger partial charge in [0.25, 0.3) is 0 Å². The lowest BCUT2D eigenvalue weighted by atomic mass is 9.99. The van der Waals surface area contributed by atoms with E-state index in [1.807, 2.05) is 0 Å². The van der Waals surface area contributed by atoms with Crippen LogP contribution in [0.1, 0.15) is 459 Å². The highest BCUT2D eigenvalue weighted by molar-refractivity contribution is 7.47. The zero-order chi connectivity index (χ0) is 77.1. The monoisotopic (exact) mass is 1540 g/mol. The van der Waals surface area contributed by atoms with E-state index >= 15 is 0 Å². The molecule has 0 rings (SSSR count). The van der Waals surface area contributed by atoms with Crippen molar-refractivity contribution in [3.8, 4) is 0 Å². The normalized spacial score (nSPS) is 14.1. The summed E-state index contributed by atoms with van der Waals surface area (Å²) in [4.78, 5) is 73.2. The Morgan fingerprint density at radius 2 is 0.486 bits per heavy atom. The number of phosphoric ester groups is 2. The van der Waals surface area contributed by atoms with E-state index in [9.17, 15) is 43.2 Å². The highest BCUT2D eigenvalue weighted by Gasteiger charge is 2.30. The van der Waals surface area contributed by atoms with Crippen molar-refractivity contribution in [2.75, 3.05) is 39.6 Å².